The summed E-state index contributed by atoms with van der Waals surface area (Å²) in [5, 5.41) is 0. The van der Waals surface area contributed by atoms with Crippen molar-refractivity contribution in [1.29, 1.82) is 0 Å². The van der Waals surface area contributed by atoms with Crippen molar-refractivity contribution in [2.75, 3.05) is 45.9 Å². The van der Waals surface area contributed by atoms with E-state index in [2.05, 4.69) is 11.8 Å². The van der Waals surface area contributed by atoms with Crippen LogP contribution in [-0.4, -0.2) is 67.7 Å². The number of carbonyl (C=O) groups excluding carboxylic acids is 1. The maximum atomic E-state index is 12.2. The molecule has 2 fully saturated rings. The lowest BCUT2D eigenvalue weighted by atomic mass is 9.99. The number of amides is 1. The van der Waals surface area contributed by atoms with E-state index in [1.54, 1.807) is 0 Å². The van der Waals surface area contributed by atoms with Crippen LogP contribution in [-0.2, 0) is 9.53 Å². The average molecular weight is 292 g/mol. The van der Waals surface area contributed by atoms with Gasteiger partial charge >= 0.3 is 0 Å². The minimum absolute atomic E-state index is 0. The molecule has 1 amide bonds. The van der Waals surface area contributed by atoms with Crippen molar-refractivity contribution in [2.45, 2.75) is 25.9 Å². The Morgan fingerprint density at radius 3 is 2.63 bits per heavy atom. The molecule has 2 rings (SSSR count). The van der Waals surface area contributed by atoms with Crippen molar-refractivity contribution in [3.05, 3.63) is 0 Å². The van der Waals surface area contributed by atoms with Crippen molar-refractivity contribution in [2.24, 2.45) is 11.7 Å². The predicted octanol–water partition coefficient (Wildman–Crippen LogP) is 0.326. The van der Waals surface area contributed by atoms with Crippen LogP contribution in [0.4, 0.5) is 0 Å². The van der Waals surface area contributed by atoms with Gasteiger partial charge in [-0.25, -0.2) is 0 Å². The SMILES string of the molecule is CC1CCN(C(=O)CN2CCOC(CN)C2)CC1.Cl. The zero-order valence-electron chi connectivity index (χ0n) is 11.7. The fourth-order valence-corrected chi connectivity index (χ4v) is 2.62. The molecule has 5 nitrogen and oxygen atoms in total. The summed E-state index contributed by atoms with van der Waals surface area (Å²) < 4.78 is 5.51. The van der Waals surface area contributed by atoms with Gasteiger partial charge in [0.15, 0.2) is 0 Å². The zero-order chi connectivity index (χ0) is 13.0. The van der Waals surface area contributed by atoms with Gasteiger partial charge in [-0.15, -0.1) is 12.4 Å². The Balaban J connectivity index is 0.00000180. The molecule has 0 aliphatic carbocycles. The van der Waals surface area contributed by atoms with Crippen molar-refractivity contribution < 1.29 is 9.53 Å². The Kier molecular flexibility index (Phi) is 7.07. The Morgan fingerprint density at radius 2 is 2.00 bits per heavy atom. The lowest BCUT2D eigenvalue weighted by Crippen LogP contribution is -2.50. The first-order chi connectivity index (χ1) is 8.69. The number of ether oxygens (including phenoxy) is 1. The number of morpholine rings is 1. The largest absolute Gasteiger partial charge is 0.374 e. The highest BCUT2D eigenvalue weighted by Crippen LogP contribution is 2.16. The number of hydrogen-bond donors (Lipinski definition) is 1. The van der Waals surface area contributed by atoms with Crippen LogP contribution in [0, 0.1) is 5.92 Å². The summed E-state index contributed by atoms with van der Waals surface area (Å²) in [4.78, 5) is 16.4. The molecule has 2 aliphatic heterocycles. The summed E-state index contributed by atoms with van der Waals surface area (Å²) in [6.45, 7) is 7.47. The summed E-state index contributed by atoms with van der Waals surface area (Å²) in [6.07, 6.45) is 2.37. The predicted molar refractivity (Wildman–Crippen MR) is 77.5 cm³/mol. The Morgan fingerprint density at radius 1 is 1.32 bits per heavy atom. The second-order valence-electron chi connectivity index (χ2n) is 5.53. The van der Waals surface area contributed by atoms with E-state index >= 15 is 0 Å². The summed E-state index contributed by atoms with van der Waals surface area (Å²) in [7, 11) is 0. The quantitative estimate of drug-likeness (QED) is 0.814. The number of likely N-dealkylation sites (tertiary alicyclic amines) is 1. The van der Waals surface area contributed by atoms with Crippen LogP contribution in [0.5, 0.6) is 0 Å². The average Bonchev–Trinajstić information content (AvgIpc) is 2.39. The molecule has 0 aromatic heterocycles. The van der Waals surface area contributed by atoms with Crippen molar-refractivity contribution >= 4 is 18.3 Å². The molecule has 1 unspecified atom stereocenters. The summed E-state index contributed by atoms with van der Waals surface area (Å²) in [5.74, 6) is 1.03. The third-order valence-electron chi connectivity index (χ3n) is 3.98. The van der Waals surface area contributed by atoms with E-state index in [1.165, 1.54) is 0 Å². The summed E-state index contributed by atoms with van der Waals surface area (Å²) >= 11 is 0. The van der Waals surface area contributed by atoms with Gasteiger partial charge in [-0.05, 0) is 18.8 Å². The molecule has 0 radical (unpaired) electrons. The first-order valence-electron chi connectivity index (χ1n) is 7.01. The smallest absolute Gasteiger partial charge is 0.236 e. The number of rotatable bonds is 3. The topological polar surface area (TPSA) is 58.8 Å². The second kappa shape index (κ2) is 8.04. The monoisotopic (exact) mass is 291 g/mol. The van der Waals surface area contributed by atoms with E-state index in [0.29, 0.717) is 19.7 Å². The maximum Gasteiger partial charge on any atom is 0.236 e. The van der Waals surface area contributed by atoms with Gasteiger partial charge in [0.1, 0.15) is 0 Å². The highest BCUT2D eigenvalue weighted by molar-refractivity contribution is 5.85. The minimum atomic E-state index is 0. The van der Waals surface area contributed by atoms with Crippen LogP contribution in [0.2, 0.25) is 0 Å². The van der Waals surface area contributed by atoms with Crippen LogP contribution < -0.4 is 5.73 Å². The molecule has 2 N–H and O–H groups in total. The van der Waals surface area contributed by atoms with E-state index in [-0.39, 0.29) is 24.4 Å². The number of nitrogens with two attached hydrogens (primary N) is 1. The number of halogens is 1. The summed E-state index contributed by atoms with van der Waals surface area (Å²) in [6, 6.07) is 0. The van der Waals surface area contributed by atoms with Gasteiger partial charge in [0.25, 0.3) is 0 Å². The summed E-state index contributed by atoms with van der Waals surface area (Å²) in [5.41, 5.74) is 5.61. The number of piperidine rings is 1. The van der Waals surface area contributed by atoms with Crippen LogP contribution in [0.15, 0.2) is 0 Å². The lowest BCUT2D eigenvalue weighted by Gasteiger charge is -2.35. The van der Waals surface area contributed by atoms with Crippen molar-refractivity contribution in [1.82, 2.24) is 9.80 Å². The standard InChI is InChI=1S/C13H25N3O2.ClH/c1-11-2-4-16(5-3-11)13(17)10-15-6-7-18-12(8-14)9-15;/h11-12H,2-10,14H2,1H3;1H. The molecule has 19 heavy (non-hydrogen) atoms. The molecule has 1 atom stereocenters. The number of carbonyl (C=O) groups is 1. The van der Waals surface area contributed by atoms with Gasteiger partial charge in [-0.1, -0.05) is 6.92 Å². The number of nitrogens with zero attached hydrogens (tertiary/aromatic N) is 2. The molecule has 0 bridgehead atoms. The van der Waals surface area contributed by atoms with Gasteiger partial charge < -0.3 is 15.4 Å². The third kappa shape index (κ3) is 4.91. The molecular formula is C13H26ClN3O2. The van der Waals surface area contributed by atoms with Gasteiger partial charge in [-0.3, -0.25) is 9.69 Å². The van der Waals surface area contributed by atoms with Crippen LogP contribution in [0.25, 0.3) is 0 Å². The molecule has 6 heteroatoms. The first-order valence-corrected chi connectivity index (χ1v) is 7.01. The van der Waals surface area contributed by atoms with E-state index in [9.17, 15) is 4.79 Å². The van der Waals surface area contributed by atoms with E-state index in [1.807, 2.05) is 4.90 Å². The third-order valence-corrected chi connectivity index (χ3v) is 3.98. The molecular weight excluding hydrogens is 266 g/mol. The van der Waals surface area contributed by atoms with Crippen LogP contribution in [0.1, 0.15) is 19.8 Å². The Hall–Kier alpha value is -0.360. The first kappa shape index (κ1) is 16.7. The lowest BCUT2D eigenvalue weighted by molar-refractivity contribution is -0.135. The van der Waals surface area contributed by atoms with E-state index in [4.69, 9.17) is 10.5 Å². The maximum absolute atomic E-state index is 12.2. The normalized spacial score (nSPS) is 26.0. The molecule has 2 saturated heterocycles. The van der Waals surface area contributed by atoms with Gasteiger partial charge in [0, 0.05) is 32.7 Å². The molecule has 0 aromatic rings. The fraction of sp³-hybridized carbons (Fsp3) is 0.923. The van der Waals surface area contributed by atoms with Gasteiger partial charge in [0.2, 0.25) is 5.91 Å². The van der Waals surface area contributed by atoms with Crippen molar-refractivity contribution in [3.63, 3.8) is 0 Å². The zero-order valence-corrected chi connectivity index (χ0v) is 12.5. The van der Waals surface area contributed by atoms with Crippen LogP contribution >= 0.6 is 12.4 Å². The Labute approximate surface area is 121 Å². The van der Waals surface area contributed by atoms with E-state index < -0.39 is 0 Å². The minimum Gasteiger partial charge on any atom is -0.374 e. The molecule has 0 spiro atoms. The molecule has 112 valence electrons. The highest BCUT2D eigenvalue weighted by Gasteiger charge is 2.25. The van der Waals surface area contributed by atoms with Crippen molar-refractivity contribution in [3.8, 4) is 0 Å². The second-order valence-corrected chi connectivity index (χ2v) is 5.53. The molecule has 0 saturated carbocycles. The van der Waals surface area contributed by atoms with Gasteiger partial charge in [-0.2, -0.15) is 0 Å². The number of hydrogen-bond acceptors (Lipinski definition) is 4. The molecule has 2 heterocycles. The Bertz CT molecular complexity index is 283. The highest BCUT2D eigenvalue weighted by atomic mass is 35.5. The van der Waals surface area contributed by atoms with Crippen LogP contribution in [0.3, 0.4) is 0 Å². The van der Waals surface area contributed by atoms with Gasteiger partial charge in [0.05, 0.1) is 19.3 Å². The molecule has 0 aromatic carbocycles. The van der Waals surface area contributed by atoms with E-state index in [0.717, 1.165) is 44.9 Å². The fourth-order valence-electron chi connectivity index (χ4n) is 2.62. The molecule has 2 aliphatic rings.